The Balaban J connectivity index is 2.50. The molecule has 0 bridgehead atoms. The third kappa shape index (κ3) is 5.01. The van der Waals surface area contributed by atoms with E-state index in [0.717, 1.165) is 17.6 Å². The zero-order valence-electron chi connectivity index (χ0n) is 12.2. The van der Waals surface area contributed by atoms with E-state index in [1.807, 2.05) is 24.3 Å². The largest absolute Gasteiger partial charge is 0.497 e. The van der Waals surface area contributed by atoms with Crippen LogP contribution in [-0.4, -0.2) is 51.0 Å². The molecule has 0 fully saturated rings. The Hall–Kier alpha value is -1.88. The molecular formula is C15H21NO4. The van der Waals surface area contributed by atoms with Gasteiger partial charge in [-0.1, -0.05) is 12.1 Å². The number of carbonyl (C=O) groups is 2. The molecule has 1 rings (SSSR count). The lowest BCUT2D eigenvalue weighted by Gasteiger charge is -2.19. The lowest BCUT2D eigenvalue weighted by atomic mass is 10.1. The molecule has 5 heteroatoms. The highest BCUT2D eigenvalue weighted by atomic mass is 16.5. The molecule has 110 valence electrons. The Morgan fingerprint density at radius 1 is 1.40 bits per heavy atom. The molecule has 0 heterocycles. The lowest BCUT2D eigenvalue weighted by molar-refractivity contribution is -0.130. The van der Waals surface area contributed by atoms with Crippen molar-refractivity contribution in [3.63, 3.8) is 0 Å². The molecule has 0 saturated heterocycles. The number of ether oxygens (including phenoxy) is 2. The van der Waals surface area contributed by atoms with Gasteiger partial charge >= 0.3 is 0 Å². The molecule has 1 amide bonds. The van der Waals surface area contributed by atoms with Crippen molar-refractivity contribution in [3.05, 3.63) is 29.8 Å². The molecule has 5 nitrogen and oxygen atoms in total. The van der Waals surface area contributed by atoms with E-state index < -0.39 is 6.10 Å². The molecule has 0 aromatic heterocycles. The lowest BCUT2D eigenvalue weighted by Crippen LogP contribution is -2.31. The van der Waals surface area contributed by atoms with E-state index in [2.05, 4.69) is 0 Å². The molecule has 1 unspecified atom stereocenters. The fraction of sp³-hybridized carbons (Fsp3) is 0.467. The Bertz CT molecular complexity index is 447. The van der Waals surface area contributed by atoms with E-state index in [1.54, 1.807) is 19.1 Å². The Morgan fingerprint density at radius 2 is 2.15 bits per heavy atom. The van der Waals surface area contributed by atoms with Gasteiger partial charge in [0.15, 0.2) is 0 Å². The van der Waals surface area contributed by atoms with Crippen molar-refractivity contribution in [2.75, 3.05) is 27.8 Å². The summed E-state index contributed by atoms with van der Waals surface area (Å²) in [6.45, 7) is 0.486. The van der Waals surface area contributed by atoms with Crippen molar-refractivity contribution in [1.82, 2.24) is 4.90 Å². The molecular weight excluding hydrogens is 258 g/mol. The molecule has 0 saturated carbocycles. The maximum atomic E-state index is 12.1. The van der Waals surface area contributed by atoms with Crippen LogP contribution in [0.4, 0.5) is 0 Å². The highest BCUT2D eigenvalue weighted by Crippen LogP contribution is 2.13. The summed E-state index contributed by atoms with van der Waals surface area (Å²) in [5, 5.41) is 0. The van der Waals surface area contributed by atoms with E-state index in [0.29, 0.717) is 19.4 Å². The van der Waals surface area contributed by atoms with Gasteiger partial charge in [0, 0.05) is 20.7 Å². The van der Waals surface area contributed by atoms with Gasteiger partial charge in [-0.25, -0.2) is 0 Å². The number of nitrogens with zero attached hydrogens (tertiary/aromatic N) is 1. The Morgan fingerprint density at radius 3 is 2.75 bits per heavy atom. The smallest absolute Gasteiger partial charge is 0.226 e. The van der Waals surface area contributed by atoms with Crippen molar-refractivity contribution in [3.8, 4) is 5.75 Å². The van der Waals surface area contributed by atoms with Gasteiger partial charge in [0.1, 0.15) is 18.1 Å². The number of carbonyl (C=O) groups excluding carboxylic acids is 2. The molecule has 0 aliphatic heterocycles. The fourth-order valence-corrected chi connectivity index (χ4v) is 1.78. The maximum Gasteiger partial charge on any atom is 0.226 e. The summed E-state index contributed by atoms with van der Waals surface area (Å²) in [7, 11) is 4.80. The van der Waals surface area contributed by atoms with Gasteiger partial charge in [-0.15, -0.1) is 0 Å². The van der Waals surface area contributed by atoms with Crippen LogP contribution < -0.4 is 4.74 Å². The second-order valence-corrected chi connectivity index (χ2v) is 4.54. The molecule has 0 aliphatic carbocycles. The summed E-state index contributed by atoms with van der Waals surface area (Å²) < 4.78 is 10.1. The number of benzene rings is 1. The third-order valence-electron chi connectivity index (χ3n) is 3.12. The van der Waals surface area contributed by atoms with Gasteiger partial charge in [-0.2, -0.15) is 0 Å². The standard InChI is InChI=1S/C15H21NO4/c1-16(8-7-14(11-17)20-3)15(18)10-12-5-4-6-13(9-12)19-2/h4-6,9,11,14H,7-8,10H2,1-3H3. The highest BCUT2D eigenvalue weighted by Gasteiger charge is 2.13. The first kappa shape index (κ1) is 16.2. The van der Waals surface area contributed by atoms with Crippen molar-refractivity contribution in [1.29, 1.82) is 0 Å². The average Bonchev–Trinajstić information content (AvgIpc) is 2.48. The van der Waals surface area contributed by atoms with E-state index >= 15 is 0 Å². The summed E-state index contributed by atoms with van der Waals surface area (Å²) in [6, 6.07) is 7.42. The van der Waals surface area contributed by atoms with Crippen molar-refractivity contribution in [2.45, 2.75) is 18.9 Å². The van der Waals surface area contributed by atoms with E-state index in [4.69, 9.17) is 9.47 Å². The molecule has 1 aromatic carbocycles. The van der Waals surface area contributed by atoms with Crippen LogP contribution >= 0.6 is 0 Å². The molecule has 0 aliphatic rings. The maximum absolute atomic E-state index is 12.1. The third-order valence-corrected chi connectivity index (χ3v) is 3.12. The summed E-state index contributed by atoms with van der Waals surface area (Å²) in [5.41, 5.74) is 0.903. The number of likely N-dealkylation sites (N-methyl/N-ethyl adjacent to an activating group) is 1. The van der Waals surface area contributed by atoms with Crippen LogP contribution in [0.15, 0.2) is 24.3 Å². The van der Waals surface area contributed by atoms with Crippen LogP contribution in [0.2, 0.25) is 0 Å². The average molecular weight is 279 g/mol. The minimum absolute atomic E-state index is 0.000921. The monoisotopic (exact) mass is 279 g/mol. The normalized spacial score (nSPS) is 11.8. The van der Waals surface area contributed by atoms with Gasteiger partial charge in [-0.05, 0) is 24.1 Å². The summed E-state index contributed by atoms with van der Waals surface area (Å²) >= 11 is 0. The van der Waals surface area contributed by atoms with Crippen LogP contribution in [0.3, 0.4) is 0 Å². The predicted octanol–water partition coefficient (Wildman–Crippen LogP) is 1.30. The number of amides is 1. The first-order valence-electron chi connectivity index (χ1n) is 6.45. The molecule has 1 atom stereocenters. The number of rotatable bonds is 8. The molecule has 1 aromatic rings. The van der Waals surface area contributed by atoms with E-state index in [-0.39, 0.29) is 5.91 Å². The minimum Gasteiger partial charge on any atom is -0.497 e. The van der Waals surface area contributed by atoms with Crippen molar-refractivity contribution < 1.29 is 19.1 Å². The number of hydrogen-bond donors (Lipinski definition) is 0. The van der Waals surface area contributed by atoms with Crippen LogP contribution in [0, 0.1) is 0 Å². The van der Waals surface area contributed by atoms with E-state index in [9.17, 15) is 9.59 Å². The number of aldehydes is 1. The molecule has 0 N–H and O–H groups in total. The first-order valence-corrected chi connectivity index (χ1v) is 6.45. The SMILES string of the molecule is COc1cccc(CC(=O)N(C)CCC(C=O)OC)c1. The Kier molecular flexibility index (Phi) is 6.73. The van der Waals surface area contributed by atoms with Crippen molar-refractivity contribution >= 4 is 12.2 Å². The van der Waals surface area contributed by atoms with Crippen LogP contribution in [0.5, 0.6) is 5.75 Å². The topological polar surface area (TPSA) is 55.8 Å². The number of methoxy groups -OCH3 is 2. The second-order valence-electron chi connectivity index (χ2n) is 4.54. The second kappa shape index (κ2) is 8.32. The van der Waals surface area contributed by atoms with Crippen molar-refractivity contribution in [2.24, 2.45) is 0 Å². The first-order chi connectivity index (χ1) is 9.60. The van der Waals surface area contributed by atoms with E-state index in [1.165, 1.54) is 7.11 Å². The van der Waals surface area contributed by atoms with Gasteiger partial charge in [0.2, 0.25) is 5.91 Å². The summed E-state index contributed by atoms with van der Waals surface area (Å²) in [4.78, 5) is 24.3. The van der Waals surface area contributed by atoms with Gasteiger partial charge in [0.05, 0.1) is 13.5 Å². The summed E-state index contributed by atoms with van der Waals surface area (Å²) in [6.07, 6.45) is 1.11. The zero-order valence-corrected chi connectivity index (χ0v) is 12.2. The Labute approximate surface area is 119 Å². The predicted molar refractivity (Wildman–Crippen MR) is 75.8 cm³/mol. The number of hydrogen-bond acceptors (Lipinski definition) is 4. The van der Waals surface area contributed by atoms with Crippen LogP contribution in [-0.2, 0) is 20.7 Å². The van der Waals surface area contributed by atoms with Crippen LogP contribution in [0.1, 0.15) is 12.0 Å². The van der Waals surface area contributed by atoms with Gasteiger partial charge in [0.25, 0.3) is 0 Å². The summed E-state index contributed by atoms with van der Waals surface area (Å²) in [5.74, 6) is 0.734. The molecule has 0 radical (unpaired) electrons. The van der Waals surface area contributed by atoms with Crippen LogP contribution in [0.25, 0.3) is 0 Å². The fourth-order valence-electron chi connectivity index (χ4n) is 1.78. The van der Waals surface area contributed by atoms with Gasteiger partial charge in [-0.3, -0.25) is 4.79 Å². The zero-order chi connectivity index (χ0) is 15.0. The molecule has 0 spiro atoms. The highest BCUT2D eigenvalue weighted by molar-refractivity contribution is 5.78. The quantitative estimate of drug-likeness (QED) is 0.673. The minimum atomic E-state index is -0.456. The molecule has 20 heavy (non-hydrogen) atoms. The van der Waals surface area contributed by atoms with Gasteiger partial charge < -0.3 is 19.2 Å².